The van der Waals surface area contributed by atoms with E-state index in [0.717, 1.165) is 25.7 Å². The van der Waals surface area contributed by atoms with E-state index in [1.165, 1.54) is 23.4 Å². The lowest BCUT2D eigenvalue weighted by molar-refractivity contribution is -0.138. The van der Waals surface area contributed by atoms with Crippen molar-refractivity contribution in [2.75, 3.05) is 40.8 Å². The zero-order valence-corrected chi connectivity index (χ0v) is 29.5. The third-order valence-electron chi connectivity index (χ3n) is 9.18. The van der Waals surface area contributed by atoms with Gasteiger partial charge in [0.1, 0.15) is 0 Å². The van der Waals surface area contributed by atoms with Gasteiger partial charge in [-0.2, -0.15) is 0 Å². The maximum atomic E-state index is 13.9. The summed E-state index contributed by atoms with van der Waals surface area (Å²) in [5, 5.41) is 25.1. The number of aliphatic hydroxyl groups excluding tert-OH is 2. The van der Waals surface area contributed by atoms with Crippen LogP contribution < -0.4 is 10.7 Å². The highest BCUT2D eigenvalue weighted by Crippen LogP contribution is 2.36. The molecule has 2 aliphatic carbocycles. The van der Waals surface area contributed by atoms with Crippen LogP contribution in [0.1, 0.15) is 98.3 Å². The van der Waals surface area contributed by atoms with Crippen LogP contribution in [0.2, 0.25) is 0 Å². The van der Waals surface area contributed by atoms with Gasteiger partial charge in [0.25, 0.3) is 0 Å². The first-order chi connectivity index (χ1) is 21.1. The van der Waals surface area contributed by atoms with E-state index in [2.05, 4.69) is 10.7 Å². The lowest BCUT2D eigenvalue weighted by Crippen LogP contribution is -2.54. The minimum Gasteiger partial charge on any atom is -0.393 e. The third kappa shape index (κ3) is 12.4. The van der Waals surface area contributed by atoms with E-state index in [0.29, 0.717) is 38.8 Å². The van der Waals surface area contributed by atoms with Gasteiger partial charge in [-0.1, -0.05) is 27.7 Å². The van der Waals surface area contributed by atoms with E-state index in [9.17, 15) is 33.0 Å². The minimum atomic E-state index is -3.73. The minimum absolute atomic E-state index is 0.0799. The number of aliphatic hydroxyl groups is 2. The van der Waals surface area contributed by atoms with E-state index in [4.69, 9.17) is 0 Å². The number of rotatable bonds is 17. The largest absolute Gasteiger partial charge is 0.393 e. The lowest BCUT2D eigenvalue weighted by Gasteiger charge is -2.38. The number of likely N-dealkylation sites (N-methyl/N-ethyl adjacent to an activating group) is 1. The summed E-state index contributed by atoms with van der Waals surface area (Å²) in [6, 6.07) is -0.654. The molecular weight excluding hydrogens is 598 g/mol. The first-order valence-electron chi connectivity index (χ1n) is 17.0. The quantitative estimate of drug-likeness (QED) is 0.173. The number of carbonyl (C=O) groups is 3. The van der Waals surface area contributed by atoms with Gasteiger partial charge < -0.3 is 20.4 Å². The Morgan fingerprint density at radius 2 is 1.49 bits per heavy atom. The zero-order chi connectivity index (χ0) is 33.9. The van der Waals surface area contributed by atoms with Gasteiger partial charge in [0.15, 0.2) is 0 Å². The Labute approximate surface area is 271 Å². The molecule has 0 spiro atoms. The van der Waals surface area contributed by atoms with E-state index >= 15 is 0 Å². The molecular formula is C32H61N5O7S. The van der Waals surface area contributed by atoms with Gasteiger partial charge >= 0.3 is 0 Å². The molecule has 3 amide bonds. The second-order valence-corrected chi connectivity index (χ2v) is 16.4. The highest BCUT2D eigenvalue weighted by molar-refractivity contribution is 7.89. The van der Waals surface area contributed by atoms with Crippen LogP contribution in [0, 0.1) is 23.7 Å². The zero-order valence-electron chi connectivity index (χ0n) is 28.7. The SMILES string of the molecule is CCCN(CCC)C(=O)C1CC(C(=O)NC(CC2CCC(O)CC2)C(O)CN(C)NC(=O)CC(C)C)CC(S(=O)(=O)N(C)C)C1. The van der Waals surface area contributed by atoms with Crippen molar-refractivity contribution < 1.29 is 33.0 Å². The molecule has 0 aliphatic heterocycles. The van der Waals surface area contributed by atoms with Crippen molar-refractivity contribution in [1.29, 1.82) is 0 Å². The van der Waals surface area contributed by atoms with Crippen LogP contribution in [0.5, 0.6) is 0 Å². The number of sulfonamides is 1. The lowest BCUT2D eigenvalue weighted by atomic mass is 9.79. The Morgan fingerprint density at radius 1 is 0.911 bits per heavy atom. The number of hydrazine groups is 1. The van der Waals surface area contributed by atoms with Gasteiger partial charge in [0.05, 0.1) is 23.5 Å². The normalized spacial score (nSPS) is 25.6. The Hall–Kier alpha value is -1.80. The van der Waals surface area contributed by atoms with Gasteiger partial charge in [-0.3, -0.25) is 19.8 Å². The molecule has 13 heteroatoms. The average Bonchev–Trinajstić information content (AvgIpc) is 2.96. The summed E-state index contributed by atoms with van der Waals surface area (Å²) in [5.41, 5.74) is 2.78. The van der Waals surface area contributed by atoms with E-state index < -0.39 is 39.3 Å². The molecule has 0 saturated heterocycles. The summed E-state index contributed by atoms with van der Waals surface area (Å²) >= 11 is 0. The smallest absolute Gasteiger partial charge is 0.234 e. The van der Waals surface area contributed by atoms with Gasteiger partial charge in [0.2, 0.25) is 27.7 Å². The highest BCUT2D eigenvalue weighted by Gasteiger charge is 2.44. The van der Waals surface area contributed by atoms with Crippen molar-refractivity contribution in [1.82, 2.24) is 25.0 Å². The van der Waals surface area contributed by atoms with Crippen LogP contribution in [0.4, 0.5) is 0 Å². The molecule has 5 atom stereocenters. The molecule has 12 nitrogen and oxygen atoms in total. The summed E-state index contributed by atoms with van der Waals surface area (Å²) in [5.74, 6) is -1.58. The van der Waals surface area contributed by atoms with Crippen molar-refractivity contribution in [3.05, 3.63) is 0 Å². The van der Waals surface area contributed by atoms with Crippen LogP contribution in [-0.2, 0) is 24.4 Å². The molecule has 4 N–H and O–H groups in total. The van der Waals surface area contributed by atoms with E-state index in [-0.39, 0.29) is 61.5 Å². The van der Waals surface area contributed by atoms with Gasteiger partial charge in [-0.25, -0.2) is 17.7 Å². The third-order valence-corrected chi connectivity index (χ3v) is 11.4. The fourth-order valence-corrected chi connectivity index (χ4v) is 8.34. The molecule has 0 aromatic rings. The monoisotopic (exact) mass is 659 g/mol. The maximum absolute atomic E-state index is 13.9. The number of hydrogen-bond acceptors (Lipinski definition) is 8. The Kier molecular flexibility index (Phi) is 16.2. The molecule has 0 bridgehead atoms. The molecule has 0 aromatic heterocycles. The summed E-state index contributed by atoms with van der Waals surface area (Å²) in [6.45, 7) is 9.13. The molecule has 262 valence electrons. The number of nitrogens with zero attached hydrogens (tertiary/aromatic N) is 3. The first kappa shape index (κ1) is 39.4. The van der Waals surface area contributed by atoms with Crippen molar-refractivity contribution in [3.63, 3.8) is 0 Å². The van der Waals surface area contributed by atoms with Crippen LogP contribution >= 0.6 is 0 Å². The molecule has 2 aliphatic rings. The van der Waals surface area contributed by atoms with Crippen molar-refractivity contribution in [2.24, 2.45) is 23.7 Å². The first-order valence-corrected chi connectivity index (χ1v) is 18.5. The van der Waals surface area contributed by atoms with Gasteiger partial charge in [-0.15, -0.1) is 0 Å². The van der Waals surface area contributed by atoms with Crippen LogP contribution in [-0.4, -0.2) is 115 Å². The molecule has 5 unspecified atom stereocenters. The number of nitrogens with one attached hydrogen (secondary N) is 2. The number of amides is 3. The summed E-state index contributed by atoms with van der Waals surface area (Å²) in [4.78, 5) is 41.7. The Morgan fingerprint density at radius 3 is 2.02 bits per heavy atom. The van der Waals surface area contributed by atoms with E-state index in [1.807, 2.05) is 27.7 Å². The van der Waals surface area contributed by atoms with Crippen molar-refractivity contribution in [2.45, 2.75) is 122 Å². The Balaban J connectivity index is 2.28. The molecule has 0 radical (unpaired) electrons. The summed E-state index contributed by atoms with van der Waals surface area (Å²) in [7, 11) is 0.886. The van der Waals surface area contributed by atoms with Gasteiger partial charge in [-0.05, 0) is 76.0 Å². The second kappa shape index (κ2) is 18.5. The topological polar surface area (TPSA) is 160 Å². The van der Waals surface area contributed by atoms with E-state index in [1.54, 1.807) is 11.9 Å². The molecule has 2 fully saturated rings. The Bertz CT molecular complexity index is 1040. The molecule has 45 heavy (non-hydrogen) atoms. The fraction of sp³-hybridized carbons (Fsp3) is 0.906. The van der Waals surface area contributed by atoms with Crippen molar-refractivity contribution in [3.8, 4) is 0 Å². The predicted molar refractivity (Wildman–Crippen MR) is 175 cm³/mol. The maximum Gasteiger partial charge on any atom is 0.234 e. The van der Waals surface area contributed by atoms with Crippen molar-refractivity contribution >= 4 is 27.7 Å². The van der Waals surface area contributed by atoms with Crippen LogP contribution in [0.3, 0.4) is 0 Å². The number of hydrogen-bond donors (Lipinski definition) is 4. The second-order valence-electron chi connectivity index (χ2n) is 14.0. The summed E-state index contributed by atoms with van der Waals surface area (Å²) < 4.78 is 27.8. The molecule has 2 rings (SSSR count). The number of carbonyl (C=O) groups excluding carboxylic acids is 3. The highest BCUT2D eigenvalue weighted by atomic mass is 32.2. The molecule has 2 saturated carbocycles. The predicted octanol–water partition coefficient (Wildman–Crippen LogP) is 2.11. The van der Waals surface area contributed by atoms with Gasteiger partial charge in [0, 0.05) is 59.0 Å². The summed E-state index contributed by atoms with van der Waals surface area (Å²) in [6.07, 6.45) is 4.43. The van der Waals surface area contributed by atoms with Crippen LogP contribution in [0.15, 0.2) is 0 Å². The standard InChI is InChI=1S/C32H61N5O7S/c1-8-14-37(15-9-2)32(42)25-18-24(19-27(20-25)45(43,44)35(5)6)31(41)33-28(17-23-10-12-26(38)13-11-23)29(39)21-36(7)34-30(40)16-22(3)4/h22-29,38-39H,8-21H2,1-7H3,(H,33,41)(H,34,40). The van der Waals surface area contributed by atoms with Crippen LogP contribution in [0.25, 0.3) is 0 Å². The molecule has 0 heterocycles. The molecule has 0 aromatic carbocycles. The average molecular weight is 660 g/mol. The fourth-order valence-electron chi connectivity index (χ4n) is 6.79.